The van der Waals surface area contributed by atoms with Crippen LogP contribution in [0.25, 0.3) is 0 Å². The van der Waals surface area contributed by atoms with Crippen LogP contribution in [0.5, 0.6) is 0 Å². The molecule has 0 aromatic heterocycles. The third-order valence-electron chi connectivity index (χ3n) is 6.18. The fraction of sp³-hybridized carbons (Fsp3) is 0.296. The van der Waals surface area contributed by atoms with Gasteiger partial charge in [-0.15, -0.1) is 0 Å². The predicted molar refractivity (Wildman–Crippen MR) is 124 cm³/mol. The van der Waals surface area contributed by atoms with Crippen molar-refractivity contribution in [2.45, 2.75) is 32.0 Å². The molecule has 1 unspecified atom stereocenters. The van der Waals surface area contributed by atoms with Crippen molar-refractivity contribution < 1.29 is 15.0 Å². The summed E-state index contributed by atoms with van der Waals surface area (Å²) in [7, 11) is 0. The van der Waals surface area contributed by atoms with Gasteiger partial charge in [0.25, 0.3) is 5.91 Å². The Bertz CT molecular complexity index is 957. The average Bonchev–Trinajstić information content (AvgIpc) is 3.23. The second-order valence-corrected chi connectivity index (χ2v) is 8.66. The molecule has 0 spiro atoms. The van der Waals surface area contributed by atoms with Gasteiger partial charge >= 0.3 is 0 Å². The smallest absolute Gasteiger partial charge is 0.275 e. The lowest BCUT2D eigenvalue weighted by Gasteiger charge is -2.18. The summed E-state index contributed by atoms with van der Waals surface area (Å²) < 4.78 is 0. The Morgan fingerprint density at radius 1 is 0.968 bits per heavy atom. The van der Waals surface area contributed by atoms with Crippen LogP contribution in [-0.2, 0) is 11.3 Å². The Kier molecular flexibility index (Phi) is 7.13. The summed E-state index contributed by atoms with van der Waals surface area (Å²) in [6.45, 7) is 5.67. The molecule has 1 aliphatic rings. The van der Waals surface area contributed by atoms with Gasteiger partial charge in [-0.2, -0.15) is 0 Å². The highest BCUT2D eigenvalue weighted by molar-refractivity contribution is 5.77. The van der Waals surface area contributed by atoms with E-state index in [0.717, 1.165) is 26.1 Å². The van der Waals surface area contributed by atoms with E-state index < -0.39 is 0 Å². The van der Waals surface area contributed by atoms with Crippen LogP contribution in [0.2, 0.25) is 0 Å². The van der Waals surface area contributed by atoms with Crippen LogP contribution in [0.4, 0.5) is 0 Å². The molecule has 1 aliphatic heterocycles. The molecule has 1 fully saturated rings. The zero-order valence-corrected chi connectivity index (χ0v) is 18.3. The molecule has 3 aromatic carbocycles. The molecule has 4 N–H and O–H groups in total. The number of quaternary nitrogens is 2. The molecule has 0 aliphatic carbocycles. The molecule has 160 valence electrons. The second kappa shape index (κ2) is 10.4. The van der Waals surface area contributed by atoms with E-state index in [1.807, 2.05) is 6.07 Å². The van der Waals surface area contributed by atoms with E-state index >= 15 is 0 Å². The summed E-state index contributed by atoms with van der Waals surface area (Å²) >= 11 is 0. The molecule has 0 bridgehead atoms. The molecule has 1 saturated heterocycles. The highest BCUT2D eigenvalue weighted by Crippen LogP contribution is 2.18. The van der Waals surface area contributed by atoms with Crippen molar-refractivity contribution in [3.63, 3.8) is 0 Å². The summed E-state index contributed by atoms with van der Waals surface area (Å²) in [6.07, 6.45) is 1.05. The van der Waals surface area contributed by atoms with Crippen molar-refractivity contribution in [3.05, 3.63) is 107 Å². The molecule has 31 heavy (non-hydrogen) atoms. The van der Waals surface area contributed by atoms with E-state index in [-0.39, 0.29) is 18.0 Å². The first-order valence-corrected chi connectivity index (χ1v) is 11.3. The number of carbonyl (C=O) groups excluding carboxylic acids is 1. The molecular formula is C27H33N3O+2. The van der Waals surface area contributed by atoms with Gasteiger partial charge < -0.3 is 15.5 Å². The number of carbonyl (C=O) groups is 1. The van der Waals surface area contributed by atoms with Crippen LogP contribution in [0, 0.1) is 6.92 Å². The van der Waals surface area contributed by atoms with Crippen molar-refractivity contribution in [3.8, 4) is 0 Å². The molecule has 1 amide bonds. The summed E-state index contributed by atoms with van der Waals surface area (Å²) in [5.74, 6) is 0.124. The summed E-state index contributed by atoms with van der Waals surface area (Å²) in [4.78, 5) is 14.3. The van der Waals surface area contributed by atoms with Gasteiger partial charge in [0, 0.05) is 23.1 Å². The molecule has 3 aromatic rings. The average molecular weight is 416 g/mol. The Balaban J connectivity index is 1.31. The first-order chi connectivity index (χ1) is 15.2. The number of likely N-dealkylation sites (tertiary alicyclic amines) is 1. The van der Waals surface area contributed by atoms with Crippen LogP contribution in [-0.4, -0.2) is 31.6 Å². The van der Waals surface area contributed by atoms with E-state index in [1.165, 1.54) is 22.3 Å². The molecule has 0 saturated carbocycles. The van der Waals surface area contributed by atoms with Gasteiger partial charge in [0.05, 0.1) is 19.1 Å². The quantitative estimate of drug-likeness (QED) is 0.515. The first-order valence-electron chi connectivity index (χ1n) is 11.3. The van der Waals surface area contributed by atoms with E-state index in [4.69, 9.17) is 0 Å². The van der Waals surface area contributed by atoms with Crippen LogP contribution in [0.1, 0.15) is 34.7 Å². The van der Waals surface area contributed by atoms with E-state index in [1.54, 1.807) is 4.90 Å². The maximum absolute atomic E-state index is 12.7. The number of amides is 1. The highest BCUT2D eigenvalue weighted by Gasteiger charge is 2.28. The van der Waals surface area contributed by atoms with E-state index in [9.17, 15) is 4.79 Å². The van der Waals surface area contributed by atoms with Crippen molar-refractivity contribution in [2.24, 2.45) is 0 Å². The molecule has 0 radical (unpaired) electrons. The third kappa shape index (κ3) is 6.03. The minimum absolute atomic E-state index is 0.122. The van der Waals surface area contributed by atoms with E-state index in [2.05, 4.69) is 96.4 Å². The summed E-state index contributed by atoms with van der Waals surface area (Å²) in [5.41, 5.74) is 5.06. The first kappa shape index (κ1) is 21.3. The van der Waals surface area contributed by atoms with Crippen molar-refractivity contribution >= 4 is 5.91 Å². The fourth-order valence-corrected chi connectivity index (χ4v) is 4.51. The Labute approximate surface area is 185 Å². The molecule has 3 atom stereocenters. The van der Waals surface area contributed by atoms with Crippen LogP contribution < -0.4 is 15.5 Å². The topological polar surface area (TPSA) is 50.1 Å². The monoisotopic (exact) mass is 415 g/mol. The zero-order chi connectivity index (χ0) is 21.5. The minimum Gasteiger partial charge on any atom is -0.343 e. The normalized spacial score (nSPS) is 19.1. The second-order valence-electron chi connectivity index (χ2n) is 8.66. The van der Waals surface area contributed by atoms with Crippen LogP contribution >= 0.6 is 0 Å². The van der Waals surface area contributed by atoms with Gasteiger partial charge in [-0.1, -0.05) is 90.5 Å². The van der Waals surface area contributed by atoms with Crippen molar-refractivity contribution in [1.82, 2.24) is 5.32 Å². The fourth-order valence-electron chi connectivity index (χ4n) is 4.51. The maximum Gasteiger partial charge on any atom is 0.275 e. The molecular weight excluding hydrogens is 382 g/mol. The van der Waals surface area contributed by atoms with Crippen molar-refractivity contribution in [1.29, 1.82) is 0 Å². The highest BCUT2D eigenvalue weighted by atomic mass is 16.2. The number of hydrogen-bond donors (Lipinski definition) is 3. The lowest BCUT2D eigenvalue weighted by Crippen LogP contribution is -3.09. The Morgan fingerprint density at radius 2 is 1.61 bits per heavy atom. The minimum atomic E-state index is 0.122. The number of hydrogen-bond acceptors (Lipinski definition) is 1. The summed E-state index contributed by atoms with van der Waals surface area (Å²) in [5, 5.41) is 5.42. The summed E-state index contributed by atoms with van der Waals surface area (Å²) in [6, 6.07) is 30.1. The number of nitrogens with one attached hydrogen (secondary N) is 2. The lowest BCUT2D eigenvalue weighted by molar-refractivity contribution is -0.901. The molecule has 4 heteroatoms. The number of benzene rings is 3. The van der Waals surface area contributed by atoms with Gasteiger partial charge in [0.2, 0.25) is 0 Å². The standard InChI is InChI=1S/C27H31N3O/c1-21-12-14-24(15-13-21)27(23-10-6-3-7-11-23)28-18-26(31)29-25-16-17-30(20-25)19-22-8-4-2-5-9-22/h2-15,25,27-28H,16-20H2,1H3,(H,29,31)/p+2/t25-,27+/m0/s1. The van der Waals surface area contributed by atoms with Gasteiger partial charge in [-0.05, 0) is 6.92 Å². The third-order valence-corrected chi connectivity index (χ3v) is 6.18. The molecule has 1 heterocycles. The predicted octanol–water partition coefficient (Wildman–Crippen LogP) is 1.62. The van der Waals surface area contributed by atoms with Gasteiger partial charge in [0.15, 0.2) is 6.54 Å². The van der Waals surface area contributed by atoms with Crippen LogP contribution in [0.15, 0.2) is 84.9 Å². The number of rotatable bonds is 8. The molecule has 4 nitrogen and oxygen atoms in total. The maximum atomic E-state index is 12.7. The van der Waals surface area contributed by atoms with Crippen molar-refractivity contribution in [2.75, 3.05) is 19.6 Å². The zero-order valence-electron chi connectivity index (χ0n) is 18.3. The number of aryl methyl sites for hydroxylation is 1. The van der Waals surface area contributed by atoms with Gasteiger partial charge in [-0.25, -0.2) is 0 Å². The largest absolute Gasteiger partial charge is 0.343 e. The van der Waals surface area contributed by atoms with Gasteiger partial charge in [-0.3, -0.25) is 4.79 Å². The Morgan fingerprint density at radius 3 is 2.32 bits per heavy atom. The van der Waals surface area contributed by atoms with E-state index in [0.29, 0.717) is 6.54 Å². The Hall–Kier alpha value is -2.95. The lowest BCUT2D eigenvalue weighted by atomic mass is 9.98. The number of nitrogens with two attached hydrogens (primary N) is 1. The van der Waals surface area contributed by atoms with Gasteiger partial charge in [0.1, 0.15) is 12.6 Å². The molecule has 4 rings (SSSR count). The SMILES string of the molecule is Cc1ccc([C@H]([NH2+]CC(=O)N[C@H]2CC[NH+](Cc3ccccc3)C2)c2ccccc2)cc1. The van der Waals surface area contributed by atoms with Crippen LogP contribution in [0.3, 0.4) is 0 Å².